The van der Waals surface area contributed by atoms with Crippen molar-refractivity contribution in [1.82, 2.24) is 9.97 Å². The van der Waals surface area contributed by atoms with Gasteiger partial charge < -0.3 is 16.5 Å². The van der Waals surface area contributed by atoms with Crippen LogP contribution in [0.25, 0.3) is 0 Å². The van der Waals surface area contributed by atoms with E-state index in [4.69, 9.17) is 11.6 Å². The third-order valence-electron chi connectivity index (χ3n) is 2.45. The number of rotatable bonds is 4. The molecule has 1 aromatic heterocycles. The highest BCUT2D eigenvalue weighted by molar-refractivity contribution is 5.50. The van der Waals surface area contributed by atoms with Crippen LogP contribution in [0.3, 0.4) is 0 Å². The van der Waals surface area contributed by atoms with E-state index in [2.05, 4.69) is 39.8 Å². The first-order valence-corrected chi connectivity index (χ1v) is 5.58. The molecule has 0 aliphatic rings. The Morgan fingerprint density at radius 3 is 2.67 bits per heavy atom. The van der Waals surface area contributed by atoms with Crippen LogP contribution in [0.15, 0.2) is 30.3 Å². The van der Waals surface area contributed by atoms with E-state index in [1.165, 1.54) is 11.1 Å². The number of benzene rings is 1. The van der Waals surface area contributed by atoms with Crippen LogP contribution in [-0.2, 0) is 6.54 Å². The second-order valence-electron chi connectivity index (χ2n) is 3.98. The van der Waals surface area contributed by atoms with E-state index in [-0.39, 0.29) is 5.95 Å². The van der Waals surface area contributed by atoms with Crippen molar-refractivity contribution >= 4 is 17.6 Å². The molecule has 0 unspecified atom stereocenters. The highest BCUT2D eigenvalue weighted by atomic mass is 15.3. The van der Waals surface area contributed by atoms with E-state index in [1.807, 2.05) is 12.1 Å². The maximum Gasteiger partial charge on any atom is 0.223 e. The summed E-state index contributed by atoms with van der Waals surface area (Å²) >= 11 is 0. The van der Waals surface area contributed by atoms with Crippen LogP contribution in [0.1, 0.15) is 11.1 Å². The Morgan fingerprint density at radius 1 is 1.17 bits per heavy atom. The fourth-order valence-corrected chi connectivity index (χ4v) is 1.65. The van der Waals surface area contributed by atoms with E-state index < -0.39 is 0 Å². The van der Waals surface area contributed by atoms with Crippen molar-refractivity contribution in [2.24, 2.45) is 5.84 Å². The maximum absolute atomic E-state index is 5.57. The number of aryl methyl sites for hydroxylation is 1. The van der Waals surface area contributed by atoms with Crippen LogP contribution >= 0.6 is 0 Å². The molecule has 6 N–H and O–H groups in total. The largest absolute Gasteiger partial charge is 0.368 e. The van der Waals surface area contributed by atoms with Crippen molar-refractivity contribution in [3.05, 3.63) is 41.5 Å². The van der Waals surface area contributed by atoms with Crippen molar-refractivity contribution in [1.29, 1.82) is 0 Å². The number of hydrogen-bond donors (Lipinski definition) is 4. The van der Waals surface area contributed by atoms with Crippen molar-refractivity contribution in [3.8, 4) is 0 Å². The van der Waals surface area contributed by atoms with E-state index in [9.17, 15) is 0 Å². The van der Waals surface area contributed by atoms with Gasteiger partial charge in [-0.15, -0.1) is 0 Å². The molecule has 0 fully saturated rings. The van der Waals surface area contributed by atoms with Crippen LogP contribution in [-0.4, -0.2) is 9.97 Å². The summed E-state index contributed by atoms with van der Waals surface area (Å²) < 4.78 is 0. The molecule has 2 aromatic rings. The molecule has 0 saturated carbocycles. The number of hydrazine groups is 1. The van der Waals surface area contributed by atoms with Gasteiger partial charge in [0.2, 0.25) is 5.95 Å². The molecule has 0 bridgehead atoms. The second kappa shape index (κ2) is 5.33. The van der Waals surface area contributed by atoms with Crippen LogP contribution in [0.2, 0.25) is 0 Å². The van der Waals surface area contributed by atoms with Crippen LogP contribution in [0.5, 0.6) is 0 Å². The molecule has 6 nitrogen and oxygen atoms in total. The lowest BCUT2D eigenvalue weighted by Crippen LogP contribution is -2.12. The number of hydrogen-bond acceptors (Lipinski definition) is 6. The molecular formula is C12H16N6. The SMILES string of the molecule is Cc1cccc(CNc2cc(NN)nc(N)n2)c1. The third-order valence-corrected chi connectivity index (χ3v) is 2.45. The zero-order valence-corrected chi connectivity index (χ0v) is 10.1. The topological polar surface area (TPSA) is 102 Å². The van der Waals surface area contributed by atoms with Gasteiger partial charge >= 0.3 is 0 Å². The molecule has 94 valence electrons. The number of aromatic nitrogens is 2. The number of nitrogens with two attached hydrogens (primary N) is 2. The van der Waals surface area contributed by atoms with Crippen molar-refractivity contribution in [3.63, 3.8) is 0 Å². The first kappa shape index (κ1) is 12.1. The van der Waals surface area contributed by atoms with E-state index in [0.29, 0.717) is 18.2 Å². The van der Waals surface area contributed by atoms with Gasteiger partial charge in [0.05, 0.1) is 0 Å². The normalized spacial score (nSPS) is 10.1. The van der Waals surface area contributed by atoms with E-state index in [1.54, 1.807) is 6.07 Å². The minimum Gasteiger partial charge on any atom is -0.368 e. The molecule has 0 spiro atoms. The summed E-state index contributed by atoms with van der Waals surface area (Å²) in [6.45, 7) is 2.73. The van der Waals surface area contributed by atoms with Crippen molar-refractivity contribution in [2.45, 2.75) is 13.5 Å². The summed E-state index contributed by atoms with van der Waals surface area (Å²) in [5, 5.41) is 3.18. The molecule has 0 amide bonds. The summed E-state index contributed by atoms with van der Waals surface area (Å²) in [4.78, 5) is 7.99. The molecule has 1 aromatic carbocycles. The fourth-order valence-electron chi connectivity index (χ4n) is 1.65. The monoisotopic (exact) mass is 244 g/mol. The van der Waals surface area contributed by atoms with Gasteiger partial charge in [-0.2, -0.15) is 9.97 Å². The first-order chi connectivity index (χ1) is 8.67. The van der Waals surface area contributed by atoms with Gasteiger partial charge in [0, 0.05) is 12.6 Å². The van der Waals surface area contributed by atoms with Gasteiger partial charge in [0.15, 0.2) is 0 Å². The lowest BCUT2D eigenvalue weighted by molar-refractivity contribution is 1.08. The maximum atomic E-state index is 5.57. The highest BCUT2D eigenvalue weighted by Gasteiger charge is 2.01. The van der Waals surface area contributed by atoms with Crippen LogP contribution in [0.4, 0.5) is 17.6 Å². The molecule has 2 rings (SSSR count). The van der Waals surface area contributed by atoms with E-state index in [0.717, 1.165) is 0 Å². The van der Waals surface area contributed by atoms with Gasteiger partial charge in [-0.05, 0) is 12.5 Å². The molecule has 6 heteroatoms. The molecule has 0 aliphatic heterocycles. The Morgan fingerprint density at radius 2 is 1.94 bits per heavy atom. The fraction of sp³-hybridized carbons (Fsp3) is 0.167. The summed E-state index contributed by atoms with van der Waals surface area (Å²) in [7, 11) is 0. The average molecular weight is 244 g/mol. The Kier molecular flexibility index (Phi) is 3.59. The number of anilines is 3. The van der Waals surface area contributed by atoms with Gasteiger partial charge in [0.1, 0.15) is 11.6 Å². The molecule has 18 heavy (non-hydrogen) atoms. The predicted molar refractivity (Wildman–Crippen MR) is 72.8 cm³/mol. The third kappa shape index (κ3) is 3.08. The summed E-state index contributed by atoms with van der Waals surface area (Å²) in [5.41, 5.74) is 10.4. The lowest BCUT2D eigenvalue weighted by atomic mass is 10.1. The van der Waals surface area contributed by atoms with Gasteiger partial charge in [-0.1, -0.05) is 29.8 Å². The predicted octanol–water partition coefficient (Wildman–Crippen LogP) is 1.26. The zero-order valence-electron chi connectivity index (χ0n) is 10.1. The number of nitrogens with one attached hydrogen (secondary N) is 2. The molecule has 0 atom stereocenters. The van der Waals surface area contributed by atoms with Crippen LogP contribution in [0, 0.1) is 6.92 Å². The Hall–Kier alpha value is -2.34. The molecular weight excluding hydrogens is 228 g/mol. The standard InChI is InChI=1S/C12H16N6/c1-8-3-2-4-9(5-8)7-15-10-6-11(18-14)17-12(13)16-10/h2-6H,7,14H2,1H3,(H4,13,15,16,17,18). The van der Waals surface area contributed by atoms with Crippen molar-refractivity contribution in [2.75, 3.05) is 16.5 Å². The molecule has 0 aliphatic carbocycles. The zero-order chi connectivity index (χ0) is 13.0. The summed E-state index contributed by atoms with van der Waals surface area (Å²) in [5.74, 6) is 6.59. The first-order valence-electron chi connectivity index (χ1n) is 5.58. The lowest BCUT2D eigenvalue weighted by Gasteiger charge is -2.08. The summed E-state index contributed by atoms with van der Waals surface area (Å²) in [6.07, 6.45) is 0. The van der Waals surface area contributed by atoms with E-state index >= 15 is 0 Å². The minimum absolute atomic E-state index is 0.178. The average Bonchev–Trinajstić information content (AvgIpc) is 2.36. The van der Waals surface area contributed by atoms with Gasteiger partial charge in [-0.25, -0.2) is 5.84 Å². The molecule has 0 saturated heterocycles. The van der Waals surface area contributed by atoms with Crippen LogP contribution < -0.4 is 22.3 Å². The Bertz CT molecular complexity index is 540. The smallest absolute Gasteiger partial charge is 0.223 e. The number of nitrogens with zero attached hydrogens (tertiary/aromatic N) is 2. The number of nitrogen functional groups attached to an aromatic ring is 2. The quantitative estimate of drug-likeness (QED) is 0.477. The molecule has 1 heterocycles. The van der Waals surface area contributed by atoms with Gasteiger partial charge in [0.25, 0.3) is 0 Å². The highest BCUT2D eigenvalue weighted by Crippen LogP contribution is 2.13. The Balaban J connectivity index is 2.08. The summed E-state index contributed by atoms with van der Waals surface area (Å²) in [6, 6.07) is 9.94. The second-order valence-corrected chi connectivity index (χ2v) is 3.98. The minimum atomic E-state index is 0.178. The Labute approximate surface area is 105 Å². The van der Waals surface area contributed by atoms with Crippen molar-refractivity contribution < 1.29 is 0 Å². The molecule has 0 radical (unpaired) electrons. The van der Waals surface area contributed by atoms with Gasteiger partial charge in [-0.3, -0.25) is 0 Å².